The van der Waals surface area contributed by atoms with E-state index in [1.54, 1.807) is 0 Å². The number of hydrogen-bond donors (Lipinski definition) is 2. The highest BCUT2D eigenvalue weighted by atomic mass is 16.5. The van der Waals surface area contributed by atoms with Crippen molar-refractivity contribution < 1.29 is 9.32 Å². The molecule has 3 N–H and O–H groups in total. The fourth-order valence-corrected chi connectivity index (χ4v) is 2.56. The number of fused-ring (bicyclic) bond motifs is 1. The van der Waals surface area contributed by atoms with Crippen molar-refractivity contribution in [2.45, 2.75) is 19.9 Å². The summed E-state index contributed by atoms with van der Waals surface area (Å²) in [5.41, 5.74) is 9.59. The van der Waals surface area contributed by atoms with Crippen LogP contribution in [0.1, 0.15) is 27.4 Å². The lowest BCUT2D eigenvalue weighted by Gasteiger charge is -2.05. The topological polar surface area (TPSA) is 99.0 Å². The van der Waals surface area contributed by atoms with Crippen LogP contribution < -0.4 is 11.1 Å². The van der Waals surface area contributed by atoms with Crippen LogP contribution in [0, 0.1) is 6.92 Å². The van der Waals surface area contributed by atoms with E-state index in [9.17, 15) is 4.79 Å². The van der Waals surface area contributed by atoms with Crippen LogP contribution in [0.15, 0.2) is 29.0 Å². The third-order valence-electron chi connectivity index (χ3n) is 3.85. The van der Waals surface area contributed by atoms with Gasteiger partial charge in [0.05, 0.1) is 11.0 Å². The van der Waals surface area contributed by atoms with E-state index < -0.39 is 0 Å². The number of nitrogens with one attached hydrogen (secondary N) is 1. The van der Waals surface area contributed by atoms with Crippen molar-refractivity contribution >= 4 is 16.9 Å². The normalized spacial score (nSPS) is 11.1. The number of imidazole rings is 1. The molecule has 1 aromatic carbocycles. The second-order valence-corrected chi connectivity index (χ2v) is 5.46. The maximum absolute atomic E-state index is 12.1. The van der Waals surface area contributed by atoms with Gasteiger partial charge in [0, 0.05) is 26.6 Å². The zero-order valence-electron chi connectivity index (χ0n) is 13.2. The van der Waals surface area contributed by atoms with Gasteiger partial charge in [-0.05, 0) is 24.6 Å². The minimum atomic E-state index is -0.235. The molecule has 0 radical (unpaired) electrons. The smallest absolute Gasteiger partial charge is 0.256 e. The number of nitrogens with two attached hydrogens (primary N) is 1. The van der Waals surface area contributed by atoms with Crippen LogP contribution in [0.2, 0.25) is 0 Å². The minimum Gasteiger partial charge on any atom is -0.364 e. The van der Waals surface area contributed by atoms with Gasteiger partial charge in [0.2, 0.25) is 0 Å². The Balaban J connectivity index is 1.67. The van der Waals surface area contributed by atoms with E-state index in [1.165, 1.54) is 11.8 Å². The third-order valence-corrected chi connectivity index (χ3v) is 3.85. The SMILES string of the molecule is Cc1ccc2c(c1)nc(CCNC(=O)c1conc1CN)n2C. The summed E-state index contributed by atoms with van der Waals surface area (Å²) in [6, 6.07) is 6.18. The lowest BCUT2D eigenvalue weighted by Crippen LogP contribution is -2.27. The molecule has 0 aliphatic rings. The summed E-state index contributed by atoms with van der Waals surface area (Å²) in [5.74, 6) is 0.691. The average Bonchev–Trinajstić information content (AvgIpc) is 3.12. The van der Waals surface area contributed by atoms with E-state index in [2.05, 4.69) is 33.7 Å². The van der Waals surface area contributed by atoms with Gasteiger partial charge in [0.15, 0.2) is 0 Å². The molecule has 0 fully saturated rings. The Morgan fingerprint density at radius 1 is 1.43 bits per heavy atom. The summed E-state index contributed by atoms with van der Waals surface area (Å²) in [7, 11) is 1.98. The zero-order valence-corrected chi connectivity index (χ0v) is 13.2. The fourth-order valence-electron chi connectivity index (χ4n) is 2.56. The van der Waals surface area contributed by atoms with Gasteiger partial charge >= 0.3 is 0 Å². The summed E-state index contributed by atoms with van der Waals surface area (Å²) in [5, 5.41) is 6.54. The van der Waals surface area contributed by atoms with Gasteiger partial charge in [-0.3, -0.25) is 4.79 Å². The number of amides is 1. The van der Waals surface area contributed by atoms with E-state index in [1.807, 2.05) is 18.5 Å². The summed E-state index contributed by atoms with van der Waals surface area (Å²) in [4.78, 5) is 16.7. The molecular weight excluding hydrogens is 294 g/mol. The van der Waals surface area contributed by atoms with E-state index in [0.29, 0.717) is 24.2 Å². The Bertz CT molecular complexity index is 849. The first-order valence-corrected chi connectivity index (χ1v) is 7.43. The summed E-state index contributed by atoms with van der Waals surface area (Å²) < 4.78 is 6.83. The molecule has 3 rings (SSSR count). The molecule has 23 heavy (non-hydrogen) atoms. The molecule has 0 atom stereocenters. The lowest BCUT2D eigenvalue weighted by atomic mass is 10.2. The van der Waals surface area contributed by atoms with Gasteiger partial charge in [0.25, 0.3) is 5.91 Å². The van der Waals surface area contributed by atoms with Crippen molar-refractivity contribution in [1.29, 1.82) is 0 Å². The quantitative estimate of drug-likeness (QED) is 0.739. The van der Waals surface area contributed by atoms with Crippen molar-refractivity contribution in [3.8, 4) is 0 Å². The number of rotatable bonds is 5. The second-order valence-electron chi connectivity index (χ2n) is 5.46. The lowest BCUT2D eigenvalue weighted by molar-refractivity contribution is 0.0952. The predicted octanol–water partition coefficient (Wildman–Crippen LogP) is 1.30. The van der Waals surface area contributed by atoms with Crippen LogP contribution in [-0.4, -0.2) is 27.2 Å². The van der Waals surface area contributed by atoms with Crippen LogP contribution in [0.3, 0.4) is 0 Å². The first kappa shape index (κ1) is 15.2. The average molecular weight is 313 g/mol. The molecule has 0 saturated carbocycles. The van der Waals surface area contributed by atoms with Crippen molar-refractivity contribution in [2.75, 3.05) is 6.54 Å². The summed E-state index contributed by atoms with van der Waals surface area (Å²) >= 11 is 0. The fraction of sp³-hybridized carbons (Fsp3) is 0.312. The third kappa shape index (κ3) is 2.95. The minimum absolute atomic E-state index is 0.170. The van der Waals surface area contributed by atoms with Gasteiger partial charge < -0.3 is 20.1 Å². The summed E-state index contributed by atoms with van der Waals surface area (Å²) in [6.07, 6.45) is 1.95. The van der Waals surface area contributed by atoms with Crippen molar-refractivity contribution in [2.24, 2.45) is 12.8 Å². The van der Waals surface area contributed by atoms with Gasteiger partial charge in [0.1, 0.15) is 23.3 Å². The number of benzene rings is 1. The molecule has 0 bridgehead atoms. The molecule has 3 aromatic rings. The molecule has 1 amide bonds. The molecule has 0 saturated heterocycles. The van der Waals surface area contributed by atoms with E-state index >= 15 is 0 Å². The maximum Gasteiger partial charge on any atom is 0.256 e. The monoisotopic (exact) mass is 313 g/mol. The Morgan fingerprint density at radius 2 is 2.26 bits per heavy atom. The van der Waals surface area contributed by atoms with Crippen molar-refractivity contribution in [1.82, 2.24) is 20.0 Å². The highest BCUT2D eigenvalue weighted by Gasteiger charge is 2.15. The Morgan fingerprint density at radius 3 is 3.04 bits per heavy atom. The van der Waals surface area contributed by atoms with Crippen LogP contribution in [0.25, 0.3) is 11.0 Å². The van der Waals surface area contributed by atoms with Crippen LogP contribution >= 0.6 is 0 Å². The largest absolute Gasteiger partial charge is 0.364 e. The molecule has 7 nitrogen and oxygen atoms in total. The molecule has 0 unspecified atom stereocenters. The highest BCUT2D eigenvalue weighted by Crippen LogP contribution is 2.16. The number of aryl methyl sites for hydroxylation is 2. The first-order chi connectivity index (χ1) is 11.1. The zero-order chi connectivity index (χ0) is 16.4. The number of carbonyl (C=O) groups is 1. The van der Waals surface area contributed by atoms with Gasteiger partial charge in [-0.1, -0.05) is 11.2 Å². The van der Waals surface area contributed by atoms with Crippen molar-refractivity contribution in [3.63, 3.8) is 0 Å². The van der Waals surface area contributed by atoms with Crippen LogP contribution in [-0.2, 0) is 20.0 Å². The number of carbonyl (C=O) groups excluding carboxylic acids is 1. The standard InChI is InChI=1S/C16H19N5O2/c1-10-3-4-14-12(7-10)19-15(21(14)2)5-6-18-16(22)11-9-23-20-13(11)8-17/h3-4,7,9H,5-6,8,17H2,1-2H3,(H,18,22). The number of nitrogens with zero attached hydrogens (tertiary/aromatic N) is 3. The van der Waals surface area contributed by atoms with E-state index in [-0.39, 0.29) is 12.5 Å². The molecule has 0 aliphatic heterocycles. The Labute approximate surface area is 133 Å². The number of aromatic nitrogens is 3. The maximum atomic E-state index is 12.1. The molecule has 2 aromatic heterocycles. The molecular formula is C16H19N5O2. The first-order valence-electron chi connectivity index (χ1n) is 7.43. The molecule has 2 heterocycles. The van der Waals surface area contributed by atoms with Gasteiger partial charge in [-0.15, -0.1) is 0 Å². The molecule has 0 spiro atoms. The van der Waals surface area contributed by atoms with E-state index in [0.717, 1.165) is 16.9 Å². The van der Waals surface area contributed by atoms with Crippen LogP contribution in [0.5, 0.6) is 0 Å². The molecule has 0 aliphatic carbocycles. The van der Waals surface area contributed by atoms with Crippen LogP contribution in [0.4, 0.5) is 0 Å². The second kappa shape index (κ2) is 6.21. The van der Waals surface area contributed by atoms with E-state index in [4.69, 9.17) is 10.3 Å². The van der Waals surface area contributed by atoms with Gasteiger partial charge in [-0.25, -0.2) is 4.98 Å². The highest BCUT2D eigenvalue weighted by molar-refractivity contribution is 5.94. The summed E-state index contributed by atoms with van der Waals surface area (Å²) in [6.45, 7) is 2.69. The molecule has 120 valence electrons. The van der Waals surface area contributed by atoms with Crippen molar-refractivity contribution in [3.05, 3.63) is 47.1 Å². The predicted molar refractivity (Wildman–Crippen MR) is 85.9 cm³/mol. The van der Waals surface area contributed by atoms with Gasteiger partial charge in [-0.2, -0.15) is 0 Å². The molecule has 7 heteroatoms. The Kier molecular flexibility index (Phi) is 4.12. The number of hydrogen-bond acceptors (Lipinski definition) is 5. The Hall–Kier alpha value is -2.67.